The average molecular weight is 294 g/mol. The summed E-state index contributed by atoms with van der Waals surface area (Å²) in [5, 5.41) is 12.8. The molecule has 1 aromatic heterocycles. The second-order valence-corrected chi connectivity index (χ2v) is 6.28. The number of hydrogen-bond acceptors (Lipinski definition) is 4. The third-order valence-corrected chi connectivity index (χ3v) is 4.61. The molecule has 0 bridgehead atoms. The second kappa shape index (κ2) is 8.51. The summed E-state index contributed by atoms with van der Waals surface area (Å²) in [5.41, 5.74) is 0. The summed E-state index contributed by atoms with van der Waals surface area (Å²) in [5.74, 6) is 1.63. The van der Waals surface area contributed by atoms with Crippen molar-refractivity contribution in [3.8, 4) is 0 Å². The van der Waals surface area contributed by atoms with Crippen LogP contribution in [0, 0.1) is 12.8 Å². The molecule has 5 nitrogen and oxygen atoms in total. The van der Waals surface area contributed by atoms with Gasteiger partial charge in [0.1, 0.15) is 5.82 Å². The van der Waals surface area contributed by atoms with Crippen molar-refractivity contribution in [3.63, 3.8) is 0 Å². The Morgan fingerprint density at radius 2 is 2.14 bits per heavy atom. The minimum Gasteiger partial charge on any atom is -0.396 e. The van der Waals surface area contributed by atoms with E-state index in [2.05, 4.69) is 26.7 Å². The average Bonchev–Trinajstić information content (AvgIpc) is 2.91. The Bertz CT molecular complexity index is 399. The van der Waals surface area contributed by atoms with Gasteiger partial charge in [-0.05, 0) is 52.1 Å². The molecular weight excluding hydrogens is 264 g/mol. The zero-order valence-electron chi connectivity index (χ0n) is 13.5. The molecule has 2 N–H and O–H groups in total. The van der Waals surface area contributed by atoms with Crippen LogP contribution in [0.4, 0.5) is 0 Å². The SMILES string of the molecule is Cc1nccn1CCC(C)NCCN1CCC(CO)CC1. The van der Waals surface area contributed by atoms with E-state index in [0.717, 1.165) is 57.8 Å². The fourth-order valence-corrected chi connectivity index (χ4v) is 2.94. The first kappa shape index (κ1) is 16.5. The molecule has 120 valence electrons. The molecule has 0 amide bonds. The largest absolute Gasteiger partial charge is 0.396 e. The predicted molar refractivity (Wildman–Crippen MR) is 85.3 cm³/mol. The molecule has 1 aliphatic rings. The van der Waals surface area contributed by atoms with Gasteiger partial charge in [0.05, 0.1) is 0 Å². The summed E-state index contributed by atoms with van der Waals surface area (Å²) in [6.45, 7) is 10.1. The topological polar surface area (TPSA) is 53.3 Å². The van der Waals surface area contributed by atoms with Gasteiger partial charge < -0.3 is 19.9 Å². The number of nitrogens with one attached hydrogen (secondary N) is 1. The molecule has 2 heterocycles. The Morgan fingerprint density at radius 3 is 2.76 bits per heavy atom. The predicted octanol–water partition coefficient (Wildman–Crippen LogP) is 1.26. The van der Waals surface area contributed by atoms with Crippen molar-refractivity contribution in [1.82, 2.24) is 19.8 Å². The van der Waals surface area contributed by atoms with Crippen LogP contribution in [0.2, 0.25) is 0 Å². The number of imidazole rings is 1. The van der Waals surface area contributed by atoms with Crippen LogP contribution >= 0.6 is 0 Å². The quantitative estimate of drug-likeness (QED) is 0.758. The maximum absolute atomic E-state index is 9.15. The number of hydrogen-bond donors (Lipinski definition) is 2. The Labute approximate surface area is 128 Å². The van der Waals surface area contributed by atoms with Crippen molar-refractivity contribution < 1.29 is 5.11 Å². The standard InChI is InChI=1S/C16H30N4O/c1-14(3-10-20-12-7-18-15(20)2)17-6-11-19-8-4-16(13-21)5-9-19/h7,12,14,16-17,21H,3-6,8-11,13H2,1-2H3. The van der Waals surface area contributed by atoms with Crippen LogP contribution in [0.1, 0.15) is 32.0 Å². The first-order valence-corrected chi connectivity index (χ1v) is 8.23. The molecule has 1 atom stereocenters. The summed E-state index contributed by atoms with van der Waals surface area (Å²) >= 11 is 0. The third-order valence-electron chi connectivity index (χ3n) is 4.61. The van der Waals surface area contributed by atoms with Crippen LogP contribution in [0.5, 0.6) is 0 Å². The summed E-state index contributed by atoms with van der Waals surface area (Å²) in [6, 6.07) is 0.529. The lowest BCUT2D eigenvalue weighted by Crippen LogP contribution is -2.40. The molecule has 2 rings (SSSR count). The monoisotopic (exact) mass is 294 g/mol. The molecule has 0 saturated carbocycles. The number of nitrogens with zero attached hydrogens (tertiary/aromatic N) is 3. The highest BCUT2D eigenvalue weighted by Gasteiger charge is 2.17. The van der Waals surface area contributed by atoms with E-state index in [0.29, 0.717) is 18.6 Å². The van der Waals surface area contributed by atoms with Crippen molar-refractivity contribution in [2.75, 3.05) is 32.8 Å². The Balaban J connectivity index is 1.55. The first-order chi connectivity index (χ1) is 10.2. The minimum absolute atomic E-state index is 0.358. The third kappa shape index (κ3) is 5.41. The van der Waals surface area contributed by atoms with Gasteiger partial charge >= 0.3 is 0 Å². The molecule has 1 saturated heterocycles. The molecule has 0 radical (unpaired) electrons. The van der Waals surface area contributed by atoms with Crippen molar-refractivity contribution >= 4 is 0 Å². The second-order valence-electron chi connectivity index (χ2n) is 6.28. The molecule has 21 heavy (non-hydrogen) atoms. The van der Waals surface area contributed by atoms with E-state index >= 15 is 0 Å². The van der Waals surface area contributed by atoms with E-state index in [1.165, 1.54) is 0 Å². The van der Waals surface area contributed by atoms with Gasteiger partial charge in [-0.3, -0.25) is 0 Å². The smallest absolute Gasteiger partial charge is 0.105 e. The molecular formula is C16H30N4O. The normalized spacial score (nSPS) is 19.0. The lowest BCUT2D eigenvalue weighted by atomic mass is 9.98. The van der Waals surface area contributed by atoms with Crippen molar-refractivity contribution in [2.45, 2.75) is 45.7 Å². The fraction of sp³-hybridized carbons (Fsp3) is 0.812. The molecule has 0 aliphatic carbocycles. The van der Waals surface area contributed by atoms with Crippen LogP contribution in [-0.4, -0.2) is 58.4 Å². The van der Waals surface area contributed by atoms with Gasteiger partial charge in [-0.25, -0.2) is 4.98 Å². The molecule has 1 aromatic rings. The minimum atomic E-state index is 0.358. The van der Waals surface area contributed by atoms with Gasteiger partial charge in [0, 0.05) is 44.7 Å². The van der Waals surface area contributed by atoms with E-state index in [1.807, 2.05) is 19.3 Å². The van der Waals surface area contributed by atoms with E-state index in [9.17, 15) is 0 Å². The number of aryl methyl sites for hydroxylation is 2. The maximum Gasteiger partial charge on any atom is 0.105 e. The van der Waals surface area contributed by atoms with Gasteiger partial charge in [0.15, 0.2) is 0 Å². The molecule has 0 aromatic carbocycles. The van der Waals surface area contributed by atoms with Gasteiger partial charge in [0.2, 0.25) is 0 Å². The molecule has 1 fully saturated rings. The highest BCUT2D eigenvalue weighted by Crippen LogP contribution is 2.15. The number of likely N-dealkylation sites (tertiary alicyclic amines) is 1. The maximum atomic E-state index is 9.15. The molecule has 0 spiro atoms. The van der Waals surface area contributed by atoms with Crippen LogP contribution in [-0.2, 0) is 6.54 Å². The molecule has 5 heteroatoms. The fourth-order valence-electron chi connectivity index (χ4n) is 2.94. The molecule has 1 aliphatic heterocycles. The van der Waals surface area contributed by atoms with Crippen molar-refractivity contribution in [2.24, 2.45) is 5.92 Å². The van der Waals surface area contributed by atoms with Gasteiger partial charge in [-0.1, -0.05) is 0 Å². The van der Waals surface area contributed by atoms with E-state index in [1.54, 1.807) is 0 Å². The zero-order chi connectivity index (χ0) is 15.1. The van der Waals surface area contributed by atoms with E-state index in [4.69, 9.17) is 5.11 Å². The number of aliphatic hydroxyl groups excluding tert-OH is 1. The summed E-state index contributed by atoms with van der Waals surface area (Å²) < 4.78 is 2.21. The van der Waals surface area contributed by atoms with Crippen LogP contribution in [0.25, 0.3) is 0 Å². The van der Waals surface area contributed by atoms with Crippen LogP contribution < -0.4 is 5.32 Å². The molecule has 1 unspecified atom stereocenters. The number of piperidine rings is 1. The lowest BCUT2D eigenvalue weighted by Gasteiger charge is -2.31. The van der Waals surface area contributed by atoms with Gasteiger partial charge in [-0.15, -0.1) is 0 Å². The zero-order valence-corrected chi connectivity index (χ0v) is 13.5. The Kier molecular flexibility index (Phi) is 6.67. The van der Waals surface area contributed by atoms with Crippen LogP contribution in [0.3, 0.4) is 0 Å². The van der Waals surface area contributed by atoms with Crippen LogP contribution in [0.15, 0.2) is 12.4 Å². The first-order valence-electron chi connectivity index (χ1n) is 8.23. The summed E-state index contributed by atoms with van der Waals surface area (Å²) in [6.07, 6.45) is 7.33. The van der Waals surface area contributed by atoms with Crippen molar-refractivity contribution in [1.29, 1.82) is 0 Å². The Hall–Kier alpha value is -0.910. The van der Waals surface area contributed by atoms with Gasteiger partial charge in [-0.2, -0.15) is 0 Å². The van der Waals surface area contributed by atoms with Crippen molar-refractivity contribution in [3.05, 3.63) is 18.2 Å². The van der Waals surface area contributed by atoms with E-state index < -0.39 is 0 Å². The summed E-state index contributed by atoms with van der Waals surface area (Å²) in [4.78, 5) is 6.75. The highest BCUT2D eigenvalue weighted by molar-refractivity contribution is 4.88. The number of aromatic nitrogens is 2. The number of aliphatic hydroxyl groups is 1. The number of rotatable bonds is 8. The lowest BCUT2D eigenvalue weighted by molar-refractivity contribution is 0.131. The van der Waals surface area contributed by atoms with E-state index in [-0.39, 0.29) is 0 Å². The highest BCUT2D eigenvalue weighted by atomic mass is 16.3. The Morgan fingerprint density at radius 1 is 1.38 bits per heavy atom. The van der Waals surface area contributed by atoms with Gasteiger partial charge in [0.25, 0.3) is 0 Å². The summed E-state index contributed by atoms with van der Waals surface area (Å²) in [7, 11) is 0.